The van der Waals surface area contributed by atoms with Gasteiger partial charge >= 0.3 is 0 Å². The molecule has 2 aliphatic heterocycles. The van der Waals surface area contributed by atoms with Gasteiger partial charge in [-0.2, -0.15) is 8.61 Å². The Bertz CT molecular complexity index is 1220. The molecule has 0 unspecified atom stereocenters. The first-order chi connectivity index (χ1) is 17.3. The second-order valence-electron chi connectivity index (χ2n) is 9.14. The van der Waals surface area contributed by atoms with E-state index in [4.69, 9.17) is 0 Å². The number of sulfonamides is 2. The fourth-order valence-corrected chi connectivity index (χ4v) is 7.59. The Morgan fingerprint density at radius 3 is 2.03 bits per heavy atom. The Morgan fingerprint density at radius 2 is 1.39 bits per heavy atom. The van der Waals surface area contributed by atoms with Crippen molar-refractivity contribution in [3.8, 4) is 0 Å². The van der Waals surface area contributed by atoms with Gasteiger partial charge in [-0.1, -0.05) is 24.6 Å². The predicted octanol–water partition coefficient (Wildman–Crippen LogP) is 2.13. The average Bonchev–Trinajstić information content (AvgIpc) is 2.92. The van der Waals surface area contributed by atoms with Gasteiger partial charge in [-0.25, -0.2) is 16.8 Å². The predicted molar refractivity (Wildman–Crippen MR) is 140 cm³/mol. The molecule has 9 nitrogen and oxygen atoms in total. The molecule has 2 aromatic rings. The summed E-state index contributed by atoms with van der Waals surface area (Å²) in [5.41, 5.74) is 1.43. The molecule has 2 saturated heterocycles. The van der Waals surface area contributed by atoms with E-state index >= 15 is 0 Å². The molecule has 2 aromatic carbocycles. The molecule has 0 aliphatic carbocycles. The van der Waals surface area contributed by atoms with E-state index in [1.807, 2.05) is 30.3 Å². The number of anilines is 1. The lowest BCUT2D eigenvalue weighted by Gasteiger charge is -2.35. The van der Waals surface area contributed by atoms with Gasteiger partial charge in [0.25, 0.3) is 5.91 Å². The minimum Gasteiger partial charge on any atom is -0.369 e. The fourth-order valence-electron chi connectivity index (χ4n) is 4.58. The molecule has 0 spiro atoms. The van der Waals surface area contributed by atoms with Gasteiger partial charge in [0, 0.05) is 57.1 Å². The van der Waals surface area contributed by atoms with Crippen LogP contribution in [0.25, 0.3) is 0 Å². The van der Waals surface area contributed by atoms with E-state index < -0.39 is 20.0 Å². The Morgan fingerprint density at radius 1 is 0.750 bits per heavy atom. The van der Waals surface area contributed by atoms with Gasteiger partial charge < -0.3 is 10.2 Å². The quantitative estimate of drug-likeness (QED) is 0.494. The lowest BCUT2D eigenvalue weighted by Crippen LogP contribution is -2.49. The molecule has 11 heteroatoms. The number of benzene rings is 2. The van der Waals surface area contributed by atoms with Crippen LogP contribution >= 0.6 is 0 Å². The van der Waals surface area contributed by atoms with Crippen LogP contribution in [-0.4, -0.2) is 82.9 Å². The van der Waals surface area contributed by atoms with Gasteiger partial charge in [-0.15, -0.1) is 0 Å². The lowest BCUT2D eigenvalue weighted by molar-refractivity contribution is 0.0953. The Labute approximate surface area is 214 Å². The van der Waals surface area contributed by atoms with Gasteiger partial charge in [0.2, 0.25) is 20.0 Å². The summed E-state index contributed by atoms with van der Waals surface area (Å²) in [5.74, 6) is -0.392. The number of nitrogens with one attached hydrogen (secondary N) is 1. The zero-order valence-corrected chi connectivity index (χ0v) is 22.0. The molecule has 196 valence electrons. The van der Waals surface area contributed by atoms with Crippen molar-refractivity contribution in [2.75, 3.05) is 56.5 Å². The number of amides is 1. The molecule has 36 heavy (non-hydrogen) atoms. The maximum absolute atomic E-state index is 12.8. The molecule has 0 radical (unpaired) electrons. The van der Waals surface area contributed by atoms with Crippen LogP contribution in [0.1, 0.15) is 36.0 Å². The van der Waals surface area contributed by atoms with E-state index in [9.17, 15) is 21.6 Å². The molecule has 0 atom stereocenters. The second-order valence-corrected chi connectivity index (χ2v) is 13.2. The molecule has 2 aliphatic rings. The van der Waals surface area contributed by atoms with Gasteiger partial charge in [0.05, 0.1) is 10.6 Å². The van der Waals surface area contributed by atoms with Crippen LogP contribution < -0.4 is 10.2 Å². The molecule has 1 amide bonds. The smallest absolute Gasteiger partial charge is 0.251 e. The van der Waals surface area contributed by atoms with Crippen molar-refractivity contribution in [1.29, 1.82) is 0 Å². The van der Waals surface area contributed by atoms with Gasteiger partial charge in [0.15, 0.2) is 0 Å². The molecule has 0 bridgehead atoms. The van der Waals surface area contributed by atoms with Crippen LogP contribution in [0.2, 0.25) is 0 Å². The summed E-state index contributed by atoms with van der Waals surface area (Å²) in [5, 5.41) is 2.73. The number of hydrogen-bond acceptors (Lipinski definition) is 6. The van der Waals surface area contributed by atoms with Gasteiger partial charge in [0.1, 0.15) is 0 Å². The standard InChI is InChI=1S/C25H34N4O5S2/c30-25(22-10-12-24(13-11-22)36(33,34)29-15-5-2-6-16-29)26-14-7-21-35(31,32)28-19-17-27(18-20-28)23-8-3-1-4-9-23/h1,3-4,8-13H,2,5-7,14-21H2,(H,26,30). The number of para-hydroxylation sites is 1. The summed E-state index contributed by atoms with van der Waals surface area (Å²) in [6.07, 6.45) is 3.06. The Kier molecular flexibility index (Phi) is 8.66. The summed E-state index contributed by atoms with van der Waals surface area (Å²) < 4.78 is 54.0. The molecular weight excluding hydrogens is 500 g/mol. The van der Waals surface area contributed by atoms with Gasteiger partial charge in [-0.05, 0) is 55.7 Å². The number of carbonyl (C=O) groups is 1. The summed E-state index contributed by atoms with van der Waals surface area (Å²) in [6.45, 7) is 3.43. The van der Waals surface area contributed by atoms with Crippen LogP contribution in [0.15, 0.2) is 59.5 Å². The third kappa shape index (κ3) is 6.44. The lowest BCUT2D eigenvalue weighted by atomic mass is 10.2. The Balaban J connectivity index is 1.22. The molecule has 0 saturated carbocycles. The highest BCUT2D eigenvalue weighted by Gasteiger charge is 2.27. The summed E-state index contributed by atoms with van der Waals surface area (Å²) >= 11 is 0. The normalized spacial score (nSPS) is 18.2. The first-order valence-electron chi connectivity index (χ1n) is 12.4. The first kappa shape index (κ1) is 26.6. The summed E-state index contributed by atoms with van der Waals surface area (Å²) in [6, 6.07) is 15.8. The monoisotopic (exact) mass is 534 g/mol. The summed E-state index contributed by atoms with van der Waals surface area (Å²) in [4.78, 5) is 14.8. The van der Waals surface area contributed by atoms with Crippen LogP contribution in [0, 0.1) is 0 Å². The fraction of sp³-hybridized carbons (Fsp3) is 0.480. The van der Waals surface area contributed by atoms with E-state index in [0.717, 1.165) is 24.9 Å². The Hall–Kier alpha value is -2.47. The largest absolute Gasteiger partial charge is 0.369 e. The maximum atomic E-state index is 12.8. The van der Waals surface area contributed by atoms with Crippen LogP contribution in [-0.2, 0) is 20.0 Å². The molecule has 2 fully saturated rings. The third-order valence-electron chi connectivity index (χ3n) is 6.69. The highest BCUT2D eigenvalue weighted by Crippen LogP contribution is 2.21. The molecular formula is C25H34N4O5S2. The zero-order valence-electron chi connectivity index (χ0n) is 20.4. The van der Waals surface area contributed by atoms with E-state index in [2.05, 4.69) is 10.2 Å². The number of nitrogens with zero attached hydrogens (tertiary/aromatic N) is 3. The number of hydrogen-bond donors (Lipinski definition) is 1. The van der Waals surface area contributed by atoms with Gasteiger partial charge in [-0.3, -0.25) is 4.79 Å². The summed E-state index contributed by atoms with van der Waals surface area (Å²) in [7, 11) is -6.94. The SMILES string of the molecule is O=C(NCCCS(=O)(=O)N1CCN(c2ccccc2)CC1)c1ccc(S(=O)(=O)N2CCCCC2)cc1. The average molecular weight is 535 g/mol. The molecule has 1 N–H and O–H groups in total. The minimum absolute atomic E-state index is 0.0361. The van der Waals surface area contributed by atoms with Crippen LogP contribution in [0.5, 0.6) is 0 Å². The van der Waals surface area contributed by atoms with Crippen molar-refractivity contribution in [3.05, 3.63) is 60.2 Å². The van der Waals surface area contributed by atoms with Crippen molar-refractivity contribution in [2.24, 2.45) is 0 Å². The molecule has 4 rings (SSSR count). The van der Waals surface area contributed by atoms with Crippen molar-refractivity contribution in [3.63, 3.8) is 0 Å². The zero-order chi connectivity index (χ0) is 25.6. The van der Waals surface area contributed by atoms with Crippen molar-refractivity contribution >= 4 is 31.6 Å². The molecule has 2 heterocycles. The topological polar surface area (TPSA) is 107 Å². The van der Waals surface area contributed by atoms with Crippen molar-refractivity contribution in [2.45, 2.75) is 30.6 Å². The van der Waals surface area contributed by atoms with E-state index in [0.29, 0.717) is 51.3 Å². The van der Waals surface area contributed by atoms with Crippen LogP contribution in [0.3, 0.4) is 0 Å². The highest BCUT2D eigenvalue weighted by molar-refractivity contribution is 7.89. The van der Waals surface area contributed by atoms with E-state index in [1.165, 1.54) is 32.9 Å². The van der Waals surface area contributed by atoms with Crippen molar-refractivity contribution < 1.29 is 21.6 Å². The number of piperazine rings is 1. The van der Waals surface area contributed by atoms with E-state index in [-0.39, 0.29) is 23.1 Å². The van der Waals surface area contributed by atoms with Crippen molar-refractivity contribution in [1.82, 2.24) is 13.9 Å². The molecule has 0 aromatic heterocycles. The highest BCUT2D eigenvalue weighted by atomic mass is 32.2. The third-order valence-corrected chi connectivity index (χ3v) is 10.6. The minimum atomic E-state index is -3.54. The first-order valence-corrected chi connectivity index (χ1v) is 15.5. The number of rotatable bonds is 9. The van der Waals surface area contributed by atoms with E-state index in [1.54, 1.807) is 0 Å². The number of piperidine rings is 1. The second kappa shape index (κ2) is 11.7. The van der Waals surface area contributed by atoms with Crippen LogP contribution in [0.4, 0.5) is 5.69 Å². The number of carbonyl (C=O) groups excluding carboxylic acids is 1. The maximum Gasteiger partial charge on any atom is 0.251 e.